The monoisotopic (exact) mass is 320 g/mol. The summed E-state index contributed by atoms with van der Waals surface area (Å²) >= 11 is 6.17. The fourth-order valence-electron chi connectivity index (χ4n) is 3.51. The molecule has 0 unspecified atom stereocenters. The number of hydrogen-bond donors (Lipinski definition) is 0. The molecule has 112 valence electrons. The third kappa shape index (κ3) is 2.02. The molecule has 1 aliphatic carbocycles. The van der Waals surface area contributed by atoms with Gasteiger partial charge in [-0.15, -0.1) is 0 Å². The lowest BCUT2D eigenvalue weighted by Crippen LogP contribution is -1.97. The van der Waals surface area contributed by atoms with Crippen LogP contribution in [0.15, 0.2) is 55.0 Å². The summed E-state index contributed by atoms with van der Waals surface area (Å²) in [5.41, 5.74) is 4.49. The molecule has 1 aliphatic rings. The van der Waals surface area contributed by atoms with Crippen LogP contribution < -0.4 is 0 Å². The van der Waals surface area contributed by atoms with Gasteiger partial charge in [0.05, 0.1) is 5.52 Å². The van der Waals surface area contributed by atoms with Gasteiger partial charge in [-0.25, -0.2) is 9.50 Å². The number of fused-ring (bicyclic) bond motifs is 2. The molecular weight excluding hydrogens is 308 g/mol. The molecule has 4 nitrogen and oxygen atoms in total. The van der Waals surface area contributed by atoms with Gasteiger partial charge >= 0.3 is 0 Å². The highest BCUT2D eigenvalue weighted by Gasteiger charge is 2.42. The zero-order valence-electron chi connectivity index (χ0n) is 12.2. The molecule has 5 heteroatoms. The van der Waals surface area contributed by atoms with Crippen LogP contribution in [0.2, 0.25) is 5.15 Å². The van der Waals surface area contributed by atoms with Crippen molar-refractivity contribution < 1.29 is 0 Å². The lowest BCUT2D eigenvalue weighted by Gasteiger charge is -2.07. The van der Waals surface area contributed by atoms with E-state index in [-0.39, 0.29) is 0 Å². The molecule has 3 heterocycles. The first-order chi connectivity index (χ1) is 11.3. The summed E-state index contributed by atoms with van der Waals surface area (Å²) in [6.07, 6.45) is 6.61. The number of rotatable bonds is 2. The SMILES string of the molecule is Clc1cc([C@H]2C[C@@H]2c2ccnc3ccccc23)c2nccn2n1. The molecule has 0 spiro atoms. The molecule has 0 bridgehead atoms. The molecule has 1 aromatic carbocycles. The summed E-state index contributed by atoms with van der Waals surface area (Å²) in [6.45, 7) is 0. The average Bonchev–Trinajstić information content (AvgIpc) is 3.23. The molecule has 0 radical (unpaired) electrons. The molecular formula is C18H13ClN4. The van der Waals surface area contributed by atoms with Crippen molar-refractivity contribution in [2.24, 2.45) is 0 Å². The van der Waals surface area contributed by atoms with Gasteiger partial charge in [-0.05, 0) is 42.0 Å². The molecule has 4 aromatic rings. The van der Waals surface area contributed by atoms with E-state index in [1.165, 1.54) is 16.5 Å². The summed E-state index contributed by atoms with van der Waals surface area (Å²) in [4.78, 5) is 8.90. The van der Waals surface area contributed by atoms with Crippen molar-refractivity contribution in [2.45, 2.75) is 18.3 Å². The third-order valence-corrected chi connectivity index (χ3v) is 4.81. The Balaban J connectivity index is 1.61. The van der Waals surface area contributed by atoms with Crippen LogP contribution in [-0.2, 0) is 0 Å². The second-order valence-electron chi connectivity index (χ2n) is 5.98. The Hall–Kier alpha value is -2.46. The number of hydrogen-bond acceptors (Lipinski definition) is 3. The van der Waals surface area contributed by atoms with Crippen molar-refractivity contribution in [2.75, 3.05) is 0 Å². The van der Waals surface area contributed by atoms with Crippen LogP contribution in [0.5, 0.6) is 0 Å². The largest absolute Gasteiger partial charge is 0.256 e. The van der Waals surface area contributed by atoms with Gasteiger partial charge in [-0.1, -0.05) is 29.8 Å². The first-order valence-corrected chi connectivity index (χ1v) is 8.02. The second-order valence-corrected chi connectivity index (χ2v) is 6.37. The Bertz CT molecular complexity index is 1030. The smallest absolute Gasteiger partial charge is 0.157 e. The summed E-state index contributed by atoms with van der Waals surface area (Å²) in [6, 6.07) is 12.4. The second kappa shape index (κ2) is 4.77. The van der Waals surface area contributed by atoms with E-state index in [1.54, 1.807) is 10.7 Å². The number of benzene rings is 1. The zero-order valence-corrected chi connectivity index (χ0v) is 13.0. The highest BCUT2D eigenvalue weighted by atomic mass is 35.5. The van der Waals surface area contributed by atoms with Crippen molar-refractivity contribution in [1.82, 2.24) is 19.6 Å². The predicted molar refractivity (Wildman–Crippen MR) is 89.8 cm³/mol. The van der Waals surface area contributed by atoms with Crippen LogP contribution >= 0.6 is 11.6 Å². The van der Waals surface area contributed by atoms with Gasteiger partial charge < -0.3 is 0 Å². The average molecular weight is 321 g/mol. The van der Waals surface area contributed by atoms with E-state index in [4.69, 9.17) is 11.6 Å². The summed E-state index contributed by atoms with van der Waals surface area (Å²) in [5, 5.41) is 6.01. The highest BCUT2D eigenvalue weighted by molar-refractivity contribution is 6.29. The fraction of sp³-hybridized carbons (Fsp3) is 0.167. The Morgan fingerprint density at radius 1 is 1.00 bits per heavy atom. The van der Waals surface area contributed by atoms with Gasteiger partial charge in [0.2, 0.25) is 0 Å². The van der Waals surface area contributed by atoms with Crippen LogP contribution in [0.3, 0.4) is 0 Å². The molecule has 1 saturated carbocycles. The van der Waals surface area contributed by atoms with Gasteiger partial charge in [0.25, 0.3) is 0 Å². The van der Waals surface area contributed by atoms with Gasteiger partial charge in [0, 0.05) is 29.5 Å². The standard InChI is InChI=1S/C18H13ClN4/c19-17-10-15(18-21-7-8-23(18)22-17)14-9-13(14)11-5-6-20-16-4-2-1-3-12(11)16/h1-8,10,13-14H,9H2/t13-,14+/m1/s1. The van der Waals surface area contributed by atoms with Gasteiger partial charge in [0.1, 0.15) is 5.15 Å². The summed E-state index contributed by atoms with van der Waals surface area (Å²) in [5.74, 6) is 0.924. The minimum atomic E-state index is 0.436. The maximum Gasteiger partial charge on any atom is 0.157 e. The van der Waals surface area contributed by atoms with E-state index in [9.17, 15) is 0 Å². The van der Waals surface area contributed by atoms with Crippen molar-refractivity contribution in [3.8, 4) is 0 Å². The Morgan fingerprint density at radius 2 is 1.87 bits per heavy atom. The van der Waals surface area contributed by atoms with Crippen molar-refractivity contribution in [1.29, 1.82) is 0 Å². The van der Waals surface area contributed by atoms with Crippen LogP contribution in [0, 0.1) is 0 Å². The molecule has 3 aromatic heterocycles. The van der Waals surface area contributed by atoms with Crippen molar-refractivity contribution >= 4 is 28.2 Å². The first kappa shape index (κ1) is 13.0. The number of nitrogens with zero attached hydrogens (tertiary/aromatic N) is 4. The normalized spacial score (nSPS) is 20.2. The van der Waals surface area contributed by atoms with E-state index in [0.29, 0.717) is 17.0 Å². The minimum Gasteiger partial charge on any atom is -0.256 e. The maximum absolute atomic E-state index is 6.17. The van der Waals surface area contributed by atoms with E-state index in [1.807, 2.05) is 24.5 Å². The Morgan fingerprint density at radius 3 is 2.83 bits per heavy atom. The minimum absolute atomic E-state index is 0.436. The lowest BCUT2D eigenvalue weighted by molar-refractivity contribution is 0.906. The van der Waals surface area contributed by atoms with Crippen LogP contribution in [0.1, 0.15) is 29.4 Å². The number of imidazole rings is 1. The van der Waals surface area contributed by atoms with E-state index in [0.717, 1.165) is 17.6 Å². The topological polar surface area (TPSA) is 43.1 Å². The van der Waals surface area contributed by atoms with Crippen LogP contribution in [0.25, 0.3) is 16.6 Å². The predicted octanol–water partition coefficient (Wildman–Crippen LogP) is 4.20. The molecule has 2 atom stereocenters. The highest BCUT2D eigenvalue weighted by Crippen LogP contribution is 2.56. The third-order valence-electron chi connectivity index (χ3n) is 4.63. The van der Waals surface area contributed by atoms with Gasteiger partial charge in [0.15, 0.2) is 5.65 Å². The van der Waals surface area contributed by atoms with Gasteiger partial charge in [-0.3, -0.25) is 4.98 Å². The zero-order chi connectivity index (χ0) is 15.4. The lowest BCUT2D eigenvalue weighted by atomic mass is 10.0. The molecule has 0 aliphatic heterocycles. The number of halogens is 1. The van der Waals surface area contributed by atoms with Crippen molar-refractivity contribution in [3.05, 3.63) is 71.3 Å². The van der Waals surface area contributed by atoms with E-state index >= 15 is 0 Å². The van der Waals surface area contributed by atoms with Crippen molar-refractivity contribution in [3.63, 3.8) is 0 Å². The van der Waals surface area contributed by atoms with E-state index < -0.39 is 0 Å². The number of pyridine rings is 1. The van der Waals surface area contributed by atoms with E-state index in [2.05, 4.69) is 39.3 Å². The molecule has 23 heavy (non-hydrogen) atoms. The number of para-hydroxylation sites is 1. The summed E-state index contributed by atoms with van der Waals surface area (Å²) in [7, 11) is 0. The van der Waals surface area contributed by atoms with Crippen LogP contribution in [0.4, 0.5) is 0 Å². The quantitative estimate of drug-likeness (QED) is 0.556. The molecule has 5 rings (SSSR count). The van der Waals surface area contributed by atoms with Crippen LogP contribution in [-0.4, -0.2) is 19.6 Å². The molecule has 0 N–H and O–H groups in total. The fourth-order valence-corrected chi connectivity index (χ4v) is 3.70. The maximum atomic E-state index is 6.17. The summed E-state index contributed by atoms with van der Waals surface area (Å²) < 4.78 is 1.76. The first-order valence-electron chi connectivity index (χ1n) is 7.65. The molecule has 0 saturated heterocycles. The Kier molecular flexibility index (Phi) is 2.70. The number of aromatic nitrogens is 4. The Labute approximate surface area is 137 Å². The molecule has 0 amide bonds. The van der Waals surface area contributed by atoms with Gasteiger partial charge in [-0.2, -0.15) is 5.10 Å². The molecule has 1 fully saturated rings.